The Morgan fingerprint density at radius 3 is 2.26 bits per heavy atom. The van der Waals surface area contributed by atoms with Gasteiger partial charge in [0.25, 0.3) is 0 Å². The molecule has 0 aliphatic heterocycles. The molecule has 0 spiro atoms. The molecule has 0 aromatic heterocycles. The van der Waals surface area contributed by atoms with Gasteiger partial charge in [0.05, 0.1) is 18.8 Å². The van der Waals surface area contributed by atoms with Crippen LogP contribution in [0.5, 0.6) is 0 Å². The molecule has 210 valence electrons. The van der Waals surface area contributed by atoms with Gasteiger partial charge >= 0.3 is 18.9 Å². The van der Waals surface area contributed by atoms with E-state index in [9.17, 15) is 23.8 Å². The van der Waals surface area contributed by atoms with Crippen molar-refractivity contribution in [2.45, 2.75) is 82.9 Å². The average Bonchev–Trinajstić information content (AvgIpc) is 2.82. The second-order valence-electron chi connectivity index (χ2n) is 11.2. The minimum absolute atomic E-state index is 0. The second-order valence-corrected chi connectivity index (χ2v) is 11.2. The van der Waals surface area contributed by atoms with Crippen molar-refractivity contribution in [2.24, 2.45) is 0 Å². The summed E-state index contributed by atoms with van der Waals surface area (Å²) in [6, 6.07) is 11.0. The molecule has 0 radical (unpaired) electrons. The number of halogens is 2. The fourth-order valence-electron chi connectivity index (χ4n) is 5.15. The Morgan fingerprint density at radius 2 is 1.72 bits per heavy atom. The maximum atomic E-state index is 13.8. The molecule has 1 amide bonds. The van der Waals surface area contributed by atoms with Crippen molar-refractivity contribution >= 4 is 42.1 Å². The summed E-state index contributed by atoms with van der Waals surface area (Å²) in [5.74, 6) is -1.73. The summed E-state index contributed by atoms with van der Waals surface area (Å²) in [5.41, 5.74) is 3.51. The van der Waals surface area contributed by atoms with Crippen molar-refractivity contribution in [2.75, 3.05) is 13.2 Å². The summed E-state index contributed by atoms with van der Waals surface area (Å²) < 4.78 is 27.5. The van der Waals surface area contributed by atoms with Gasteiger partial charge < -0.3 is 20.8 Å². The van der Waals surface area contributed by atoms with Crippen LogP contribution in [0.15, 0.2) is 54.1 Å². The van der Waals surface area contributed by atoms with Gasteiger partial charge in [0.2, 0.25) is 5.91 Å². The number of aliphatic hydroxyl groups excluding tert-OH is 2. The molecular formula is C30H44AlF2LiN2O3. The van der Waals surface area contributed by atoms with Crippen LogP contribution in [0.2, 0.25) is 0 Å². The van der Waals surface area contributed by atoms with Crippen LogP contribution < -0.4 is 10.6 Å². The molecule has 2 aromatic rings. The Labute approximate surface area is 254 Å². The minimum atomic E-state index is -0.993. The van der Waals surface area contributed by atoms with Gasteiger partial charge in [-0.1, -0.05) is 56.7 Å². The van der Waals surface area contributed by atoms with Crippen LogP contribution in [0.4, 0.5) is 8.78 Å². The van der Waals surface area contributed by atoms with Gasteiger partial charge in [0, 0.05) is 25.1 Å². The van der Waals surface area contributed by atoms with Crippen molar-refractivity contribution in [1.82, 2.24) is 10.6 Å². The Balaban J connectivity index is 0.00000380. The standard InChI is InChI=1S/C30H40F2N2O3.Al.Li.4H/c1-20(36)34-27(16-22-14-25(31)18-26(32)15-22)28(37)19-33-30(11-8-21(9-12-30)10-13-35)24-7-5-6-23(17-24)29(2,3)4;;;;;;/h5-7,10,14-15,17-18,27-28,33,35,37H,8-9,11-13,16,19H2,1-4H3,(H,34,36);;;;;;/t27-,28-,30?;;;;;;/m0....../s1. The number of amides is 1. The molecule has 0 heterocycles. The van der Waals surface area contributed by atoms with E-state index < -0.39 is 29.3 Å². The molecule has 2 aromatic carbocycles. The van der Waals surface area contributed by atoms with Gasteiger partial charge in [-0.25, -0.2) is 8.78 Å². The normalized spacial score (nSPS) is 18.8. The molecule has 2 atom stereocenters. The summed E-state index contributed by atoms with van der Waals surface area (Å²) >= 11 is 0. The van der Waals surface area contributed by atoms with Crippen LogP contribution in [0, 0.1) is 11.6 Å². The summed E-state index contributed by atoms with van der Waals surface area (Å²) in [7, 11) is 0. The Morgan fingerprint density at radius 1 is 1.10 bits per heavy atom. The SMILES string of the molecule is CC(=O)N[C@@H](Cc1cc(F)cc(F)c1)[C@@H](O)CNC1(c2cccc(C(C)(C)C)c2)CCC(=CCO)CC1.[AlH3].[LiH]. The third kappa shape index (κ3) is 10.1. The molecule has 3 rings (SSSR count). The Bertz CT molecular complexity index is 1090. The number of hydrogen-bond donors (Lipinski definition) is 4. The van der Waals surface area contributed by atoms with Crippen molar-refractivity contribution in [3.05, 3.63) is 82.4 Å². The number of benzene rings is 2. The fourth-order valence-corrected chi connectivity index (χ4v) is 5.15. The molecule has 1 aliphatic carbocycles. The van der Waals surface area contributed by atoms with Gasteiger partial charge in [-0.05, 0) is 66.3 Å². The first-order chi connectivity index (χ1) is 17.4. The van der Waals surface area contributed by atoms with Gasteiger partial charge in [0.15, 0.2) is 17.4 Å². The van der Waals surface area contributed by atoms with Crippen LogP contribution in [0.1, 0.15) is 70.1 Å². The van der Waals surface area contributed by atoms with Crippen LogP contribution in [0.3, 0.4) is 0 Å². The van der Waals surface area contributed by atoms with Crippen molar-refractivity contribution in [3.63, 3.8) is 0 Å². The number of allylic oxidation sites excluding steroid dienone is 1. The number of aliphatic hydroxyl groups is 2. The van der Waals surface area contributed by atoms with Crippen molar-refractivity contribution in [3.8, 4) is 0 Å². The Hall–Kier alpha value is -1.48. The zero-order valence-electron chi connectivity index (χ0n) is 22.3. The summed E-state index contributed by atoms with van der Waals surface area (Å²) in [5, 5.41) is 26.9. The molecule has 1 fully saturated rings. The molecule has 9 heteroatoms. The maximum absolute atomic E-state index is 13.8. The van der Waals surface area contributed by atoms with E-state index in [1.807, 2.05) is 6.08 Å². The molecule has 1 aliphatic rings. The zero-order valence-corrected chi connectivity index (χ0v) is 22.3. The predicted octanol–water partition coefficient (Wildman–Crippen LogP) is 2.82. The topological polar surface area (TPSA) is 81.6 Å². The average molecular weight is 553 g/mol. The van der Waals surface area contributed by atoms with E-state index in [-0.39, 0.29) is 67.1 Å². The van der Waals surface area contributed by atoms with Gasteiger partial charge in [-0.3, -0.25) is 4.79 Å². The molecule has 1 saturated carbocycles. The predicted molar refractivity (Wildman–Crippen MR) is 159 cm³/mol. The summed E-state index contributed by atoms with van der Waals surface area (Å²) in [6.45, 7) is 8.08. The van der Waals surface area contributed by atoms with E-state index in [2.05, 4.69) is 55.7 Å². The molecule has 4 N–H and O–H groups in total. The quantitative estimate of drug-likeness (QED) is 0.285. The number of hydrogen-bond acceptors (Lipinski definition) is 4. The third-order valence-electron chi connectivity index (χ3n) is 7.29. The van der Waals surface area contributed by atoms with E-state index in [0.717, 1.165) is 37.3 Å². The van der Waals surface area contributed by atoms with E-state index in [1.54, 1.807) is 0 Å². The zero-order chi connectivity index (χ0) is 27.2. The third-order valence-corrected chi connectivity index (χ3v) is 7.29. The summed E-state index contributed by atoms with van der Waals surface area (Å²) in [4.78, 5) is 11.9. The first kappa shape index (κ1) is 35.5. The summed E-state index contributed by atoms with van der Waals surface area (Å²) in [6.07, 6.45) is 4.19. The number of carbonyl (C=O) groups excluding carboxylic acids is 1. The van der Waals surface area contributed by atoms with Crippen LogP contribution >= 0.6 is 0 Å². The van der Waals surface area contributed by atoms with Crippen LogP contribution in [-0.4, -0.2) is 77.6 Å². The number of nitrogens with one attached hydrogen (secondary N) is 2. The van der Waals surface area contributed by atoms with E-state index in [4.69, 9.17) is 0 Å². The van der Waals surface area contributed by atoms with Crippen LogP contribution in [-0.2, 0) is 22.2 Å². The molecule has 0 unspecified atom stereocenters. The first-order valence-corrected chi connectivity index (χ1v) is 13.0. The molecule has 5 nitrogen and oxygen atoms in total. The van der Waals surface area contributed by atoms with Crippen molar-refractivity contribution < 1.29 is 23.8 Å². The van der Waals surface area contributed by atoms with Gasteiger partial charge in [0.1, 0.15) is 11.6 Å². The van der Waals surface area contributed by atoms with Crippen LogP contribution in [0.25, 0.3) is 0 Å². The fraction of sp³-hybridized carbons (Fsp3) is 0.500. The van der Waals surface area contributed by atoms with E-state index >= 15 is 0 Å². The molecule has 0 bridgehead atoms. The van der Waals surface area contributed by atoms with Gasteiger partial charge in [-0.15, -0.1) is 0 Å². The van der Waals surface area contributed by atoms with Gasteiger partial charge in [-0.2, -0.15) is 0 Å². The number of rotatable bonds is 9. The number of carbonyl (C=O) groups is 1. The molecule has 39 heavy (non-hydrogen) atoms. The molecule has 0 saturated heterocycles. The first-order valence-electron chi connectivity index (χ1n) is 13.0. The second kappa shape index (κ2) is 15.5. The Kier molecular flexibility index (Phi) is 14.1. The monoisotopic (exact) mass is 552 g/mol. The molecular weight excluding hydrogens is 508 g/mol. The van der Waals surface area contributed by atoms with E-state index in [0.29, 0.717) is 5.56 Å². The van der Waals surface area contributed by atoms with Crippen molar-refractivity contribution in [1.29, 1.82) is 0 Å². The van der Waals surface area contributed by atoms with E-state index in [1.165, 1.54) is 30.2 Å².